The van der Waals surface area contributed by atoms with E-state index >= 15 is 0 Å². The van der Waals surface area contributed by atoms with Crippen LogP contribution in [0.3, 0.4) is 0 Å². The number of likely N-dealkylation sites (tertiary alicyclic amines) is 1. The number of methoxy groups -OCH3 is 1. The number of benzene rings is 1. The first kappa shape index (κ1) is 13.8. The van der Waals surface area contributed by atoms with Gasteiger partial charge in [-0.05, 0) is 17.7 Å². The lowest BCUT2D eigenvalue weighted by Crippen LogP contribution is -2.31. The smallest absolute Gasteiger partial charge is 0.227 e. The van der Waals surface area contributed by atoms with Crippen LogP contribution in [0.4, 0.5) is 4.39 Å². The average Bonchev–Trinajstić information content (AvgIpc) is 2.70. The van der Waals surface area contributed by atoms with Gasteiger partial charge in [0.25, 0.3) is 0 Å². The summed E-state index contributed by atoms with van der Waals surface area (Å²) in [5, 5.41) is 18.8. The van der Waals surface area contributed by atoms with E-state index in [-0.39, 0.29) is 31.2 Å². The van der Waals surface area contributed by atoms with Crippen LogP contribution >= 0.6 is 0 Å². The Labute approximate surface area is 110 Å². The average molecular weight is 269 g/mol. The summed E-state index contributed by atoms with van der Waals surface area (Å²) in [6, 6.07) is 4.33. The summed E-state index contributed by atoms with van der Waals surface area (Å²) >= 11 is 0. The number of halogens is 1. The van der Waals surface area contributed by atoms with Gasteiger partial charge in [-0.25, -0.2) is 4.39 Å². The summed E-state index contributed by atoms with van der Waals surface area (Å²) in [5.41, 5.74) is 0.527. The molecule has 1 aliphatic heterocycles. The summed E-state index contributed by atoms with van der Waals surface area (Å²) < 4.78 is 18.3. The third-order valence-electron chi connectivity index (χ3n) is 3.18. The van der Waals surface area contributed by atoms with Crippen LogP contribution in [0.2, 0.25) is 0 Å². The Hall–Kier alpha value is -1.66. The summed E-state index contributed by atoms with van der Waals surface area (Å²) in [6.45, 7) is 0.220. The van der Waals surface area contributed by atoms with E-state index in [4.69, 9.17) is 4.74 Å². The lowest BCUT2D eigenvalue weighted by atomic mass is 10.1. The number of hydrogen-bond acceptors (Lipinski definition) is 4. The molecular weight excluding hydrogens is 253 g/mol. The largest absolute Gasteiger partial charge is 0.494 e. The molecule has 1 aromatic rings. The summed E-state index contributed by atoms with van der Waals surface area (Å²) in [5.74, 6) is -0.641. The highest BCUT2D eigenvalue weighted by atomic mass is 19.1. The number of aliphatic hydroxyl groups is 2. The Bertz CT molecular complexity index is 470. The van der Waals surface area contributed by atoms with Crippen LogP contribution in [-0.4, -0.2) is 53.4 Å². The maximum absolute atomic E-state index is 13.5. The first-order valence-electron chi connectivity index (χ1n) is 5.97. The molecule has 6 heteroatoms. The van der Waals surface area contributed by atoms with E-state index in [2.05, 4.69) is 0 Å². The van der Waals surface area contributed by atoms with Gasteiger partial charge in [0.1, 0.15) is 0 Å². The number of nitrogens with zero attached hydrogens (tertiary/aromatic N) is 1. The van der Waals surface area contributed by atoms with Crippen molar-refractivity contribution in [3.8, 4) is 5.75 Å². The zero-order chi connectivity index (χ0) is 14.0. The number of carbonyl (C=O) groups is 1. The van der Waals surface area contributed by atoms with Gasteiger partial charge < -0.3 is 19.8 Å². The van der Waals surface area contributed by atoms with Crippen molar-refractivity contribution in [2.75, 3.05) is 20.2 Å². The normalized spacial score (nSPS) is 22.6. The Morgan fingerprint density at radius 2 is 2.05 bits per heavy atom. The molecule has 19 heavy (non-hydrogen) atoms. The molecule has 1 amide bonds. The molecule has 0 aromatic heterocycles. The lowest BCUT2D eigenvalue weighted by molar-refractivity contribution is -0.129. The molecule has 104 valence electrons. The fourth-order valence-electron chi connectivity index (χ4n) is 2.08. The first-order chi connectivity index (χ1) is 9.01. The van der Waals surface area contributed by atoms with Crippen LogP contribution in [0, 0.1) is 5.82 Å². The van der Waals surface area contributed by atoms with E-state index in [1.807, 2.05) is 0 Å². The lowest BCUT2D eigenvalue weighted by Gasteiger charge is -2.15. The molecule has 1 heterocycles. The van der Waals surface area contributed by atoms with Crippen LogP contribution in [0.1, 0.15) is 5.56 Å². The van der Waals surface area contributed by atoms with Gasteiger partial charge in [-0.3, -0.25) is 4.79 Å². The van der Waals surface area contributed by atoms with Crippen molar-refractivity contribution < 1.29 is 24.1 Å². The number of rotatable bonds is 3. The van der Waals surface area contributed by atoms with E-state index in [0.717, 1.165) is 0 Å². The van der Waals surface area contributed by atoms with Gasteiger partial charge in [0, 0.05) is 13.1 Å². The third-order valence-corrected chi connectivity index (χ3v) is 3.18. The standard InChI is InChI=1S/C13H16FNO4/c1-19-12-3-2-8(4-9(12)14)5-13(18)15-6-10(16)11(17)7-15/h2-4,10-11,16-17H,5-7H2,1H3. The van der Waals surface area contributed by atoms with Crippen molar-refractivity contribution in [1.82, 2.24) is 4.90 Å². The van der Waals surface area contributed by atoms with E-state index in [1.165, 1.54) is 24.1 Å². The highest BCUT2D eigenvalue weighted by Gasteiger charge is 2.32. The minimum absolute atomic E-state index is 0.0281. The molecule has 0 bridgehead atoms. The monoisotopic (exact) mass is 269 g/mol. The molecule has 1 fully saturated rings. The molecule has 0 aliphatic carbocycles. The molecule has 0 radical (unpaired) electrons. The van der Waals surface area contributed by atoms with Crippen LogP contribution in [-0.2, 0) is 11.2 Å². The molecule has 0 saturated carbocycles. The highest BCUT2D eigenvalue weighted by Crippen LogP contribution is 2.19. The van der Waals surface area contributed by atoms with Gasteiger partial charge in [0.2, 0.25) is 5.91 Å². The summed E-state index contributed by atoms with van der Waals surface area (Å²) in [4.78, 5) is 13.3. The van der Waals surface area contributed by atoms with E-state index in [1.54, 1.807) is 6.07 Å². The van der Waals surface area contributed by atoms with E-state index in [0.29, 0.717) is 5.56 Å². The van der Waals surface area contributed by atoms with Gasteiger partial charge in [-0.15, -0.1) is 0 Å². The first-order valence-corrected chi connectivity index (χ1v) is 5.97. The molecule has 2 N–H and O–H groups in total. The zero-order valence-electron chi connectivity index (χ0n) is 10.5. The summed E-state index contributed by atoms with van der Waals surface area (Å²) in [7, 11) is 1.37. The van der Waals surface area contributed by atoms with Crippen molar-refractivity contribution in [3.63, 3.8) is 0 Å². The maximum atomic E-state index is 13.5. The minimum Gasteiger partial charge on any atom is -0.494 e. The fraction of sp³-hybridized carbons (Fsp3) is 0.462. The second kappa shape index (κ2) is 5.54. The van der Waals surface area contributed by atoms with Crippen LogP contribution in [0.25, 0.3) is 0 Å². The van der Waals surface area contributed by atoms with Crippen LogP contribution in [0.15, 0.2) is 18.2 Å². The quantitative estimate of drug-likeness (QED) is 0.806. The van der Waals surface area contributed by atoms with Gasteiger partial charge >= 0.3 is 0 Å². The van der Waals surface area contributed by atoms with Crippen molar-refractivity contribution in [1.29, 1.82) is 0 Å². The molecule has 2 rings (SSSR count). The molecular formula is C13H16FNO4. The van der Waals surface area contributed by atoms with Gasteiger partial charge in [0.05, 0.1) is 25.7 Å². The van der Waals surface area contributed by atoms with Gasteiger partial charge in [-0.1, -0.05) is 6.07 Å². The number of ether oxygens (including phenoxy) is 1. The van der Waals surface area contributed by atoms with Crippen molar-refractivity contribution in [2.24, 2.45) is 0 Å². The molecule has 1 aliphatic rings. The third kappa shape index (κ3) is 3.02. The van der Waals surface area contributed by atoms with Gasteiger partial charge in [0.15, 0.2) is 11.6 Å². The number of hydrogen-bond donors (Lipinski definition) is 2. The number of amides is 1. The SMILES string of the molecule is COc1ccc(CC(=O)N2CC(O)C(O)C2)cc1F. The highest BCUT2D eigenvalue weighted by molar-refractivity contribution is 5.79. The van der Waals surface area contributed by atoms with Crippen molar-refractivity contribution in [3.05, 3.63) is 29.6 Å². The Kier molecular flexibility index (Phi) is 4.01. The molecule has 1 aromatic carbocycles. The Morgan fingerprint density at radius 3 is 2.58 bits per heavy atom. The fourth-order valence-corrected chi connectivity index (χ4v) is 2.08. The Balaban J connectivity index is 2.01. The second-order valence-corrected chi connectivity index (χ2v) is 4.58. The number of carbonyl (C=O) groups excluding carboxylic acids is 1. The second-order valence-electron chi connectivity index (χ2n) is 4.58. The molecule has 0 spiro atoms. The number of β-amino-alcohol motifs (C(OH)–C–C–N with tert-alkyl or cyclic N) is 2. The summed E-state index contributed by atoms with van der Waals surface area (Å²) in [6.07, 6.45) is -1.78. The zero-order valence-corrected chi connectivity index (χ0v) is 10.5. The maximum Gasteiger partial charge on any atom is 0.227 e. The Morgan fingerprint density at radius 1 is 1.42 bits per heavy atom. The molecule has 2 unspecified atom stereocenters. The number of aliphatic hydroxyl groups excluding tert-OH is 2. The van der Waals surface area contributed by atoms with Gasteiger partial charge in [-0.2, -0.15) is 0 Å². The van der Waals surface area contributed by atoms with Crippen molar-refractivity contribution >= 4 is 5.91 Å². The van der Waals surface area contributed by atoms with Crippen LogP contribution in [0.5, 0.6) is 5.75 Å². The van der Waals surface area contributed by atoms with Crippen LogP contribution < -0.4 is 4.74 Å². The minimum atomic E-state index is -0.906. The topological polar surface area (TPSA) is 70.0 Å². The molecule has 2 atom stereocenters. The molecule has 5 nitrogen and oxygen atoms in total. The van der Waals surface area contributed by atoms with E-state index < -0.39 is 18.0 Å². The van der Waals surface area contributed by atoms with E-state index in [9.17, 15) is 19.4 Å². The predicted molar refractivity (Wildman–Crippen MR) is 65.2 cm³/mol. The predicted octanol–water partition coefficient (Wildman–Crippen LogP) is -0.0592. The molecule has 1 saturated heterocycles. The van der Waals surface area contributed by atoms with Crippen molar-refractivity contribution in [2.45, 2.75) is 18.6 Å².